The largest absolute Gasteiger partial charge is 0.321 e. The molecule has 0 unspecified atom stereocenters. The smallest absolute Gasteiger partial charge is 0.271 e. The molecule has 0 radical (unpaired) electrons. The van der Waals surface area contributed by atoms with Gasteiger partial charge in [0.2, 0.25) is 5.91 Å². The van der Waals surface area contributed by atoms with Gasteiger partial charge in [-0.3, -0.25) is 9.59 Å². The Morgan fingerprint density at radius 2 is 1.88 bits per heavy atom. The number of aryl methyl sites for hydroxylation is 1. The van der Waals surface area contributed by atoms with Crippen molar-refractivity contribution in [2.45, 2.75) is 26.7 Å². The Labute approximate surface area is 151 Å². The molecule has 0 spiro atoms. The molecule has 2 aromatic carbocycles. The molecule has 1 aliphatic heterocycles. The zero-order chi connectivity index (χ0) is 18.0. The third kappa shape index (κ3) is 3.56. The number of rotatable bonds is 3. The second-order valence-corrected chi connectivity index (χ2v) is 6.31. The van der Waals surface area contributed by atoms with Gasteiger partial charge in [-0.15, -0.1) is 0 Å². The van der Waals surface area contributed by atoms with Gasteiger partial charge in [-0.05, 0) is 43.2 Å². The normalized spacial score (nSPS) is 14.3. The van der Waals surface area contributed by atoms with E-state index < -0.39 is 0 Å². The van der Waals surface area contributed by atoms with Crippen LogP contribution in [0, 0.1) is 13.8 Å². The Hall–Kier alpha value is -2.66. The van der Waals surface area contributed by atoms with Crippen molar-refractivity contribution in [2.24, 2.45) is 5.10 Å². The second kappa shape index (κ2) is 7.07. The fourth-order valence-electron chi connectivity index (χ4n) is 2.64. The Balaban J connectivity index is 1.87. The van der Waals surface area contributed by atoms with Gasteiger partial charge in [0.1, 0.15) is 5.71 Å². The highest BCUT2D eigenvalue weighted by Crippen LogP contribution is 2.25. The summed E-state index contributed by atoms with van der Waals surface area (Å²) in [5, 5.41) is 9.03. The molecule has 0 aliphatic carbocycles. The summed E-state index contributed by atoms with van der Waals surface area (Å²) in [6.07, 6.45) is 0.557. The number of hydrazone groups is 1. The Bertz CT molecular complexity index is 877. The maximum Gasteiger partial charge on any atom is 0.271 e. The van der Waals surface area contributed by atoms with E-state index in [1.54, 1.807) is 18.2 Å². The fourth-order valence-corrected chi connectivity index (χ4v) is 2.82. The number of carbonyl (C=O) groups excluding carboxylic acids is 2. The van der Waals surface area contributed by atoms with Crippen LogP contribution in [0.2, 0.25) is 5.02 Å². The standard InChI is InChI=1S/C19H18ClN3O2/c1-12-6-3-4-9-17(12)23-18(24)11-10-16(22-23)19(25)21-15-8-5-7-14(20)13(15)2/h3-9H,10-11H2,1-2H3,(H,21,25). The minimum atomic E-state index is -0.323. The molecule has 1 aliphatic rings. The van der Waals surface area contributed by atoms with Crippen LogP contribution in [-0.4, -0.2) is 17.5 Å². The summed E-state index contributed by atoms with van der Waals surface area (Å²) in [6.45, 7) is 3.74. The lowest BCUT2D eigenvalue weighted by atomic mass is 10.1. The van der Waals surface area contributed by atoms with Crippen LogP contribution < -0.4 is 10.3 Å². The summed E-state index contributed by atoms with van der Waals surface area (Å²) in [4.78, 5) is 24.8. The lowest BCUT2D eigenvalue weighted by molar-refractivity contribution is -0.118. The highest BCUT2D eigenvalue weighted by atomic mass is 35.5. The molecular weight excluding hydrogens is 338 g/mol. The van der Waals surface area contributed by atoms with Crippen LogP contribution in [0.5, 0.6) is 0 Å². The number of anilines is 2. The van der Waals surface area contributed by atoms with Gasteiger partial charge in [0, 0.05) is 23.6 Å². The number of para-hydroxylation sites is 1. The molecule has 0 atom stereocenters. The molecule has 0 fully saturated rings. The highest BCUT2D eigenvalue weighted by molar-refractivity contribution is 6.44. The molecule has 0 saturated heterocycles. The van der Waals surface area contributed by atoms with Crippen LogP contribution in [0.4, 0.5) is 11.4 Å². The van der Waals surface area contributed by atoms with Crippen molar-refractivity contribution < 1.29 is 9.59 Å². The first-order chi connectivity index (χ1) is 12.0. The molecule has 2 amide bonds. The molecule has 5 nitrogen and oxygen atoms in total. The highest BCUT2D eigenvalue weighted by Gasteiger charge is 2.26. The van der Waals surface area contributed by atoms with E-state index in [1.807, 2.05) is 38.1 Å². The predicted octanol–water partition coefficient (Wildman–Crippen LogP) is 4.08. The maximum absolute atomic E-state index is 12.6. The van der Waals surface area contributed by atoms with Gasteiger partial charge < -0.3 is 5.32 Å². The second-order valence-electron chi connectivity index (χ2n) is 5.91. The van der Waals surface area contributed by atoms with E-state index in [4.69, 9.17) is 11.6 Å². The minimum absolute atomic E-state index is 0.121. The van der Waals surface area contributed by atoms with Crippen molar-refractivity contribution in [3.63, 3.8) is 0 Å². The van der Waals surface area contributed by atoms with Gasteiger partial charge in [-0.2, -0.15) is 5.10 Å². The van der Waals surface area contributed by atoms with Crippen LogP contribution >= 0.6 is 11.6 Å². The third-order valence-corrected chi connectivity index (χ3v) is 4.56. The van der Waals surface area contributed by atoms with Crippen molar-refractivity contribution >= 4 is 40.5 Å². The number of carbonyl (C=O) groups is 2. The summed E-state index contributed by atoms with van der Waals surface area (Å²) >= 11 is 6.09. The molecule has 1 N–H and O–H groups in total. The molecular formula is C19H18ClN3O2. The van der Waals surface area contributed by atoms with E-state index in [0.29, 0.717) is 28.5 Å². The number of hydrogen-bond acceptors (Lipinski definition) is 3. The molecule has 2 aromatic rings. The SMILES string of the molecule is Cc1ccccc1N1N=C(C(=O)Nc2cccc(Cl)c2C)CCC1=O. The van der Waals surface area contributed by atoms with Crippen molar-refractivity contribution in [3.8, 4) is 0 Å². The summed E-state index contributed by atoms with van der Waals surface area (Å²) in [6, 6.07) is 12.8. The lowest BCUT2D eigenvalue weighted by Crippen LogP contribution is -2.36. The first kappa shape index (κ1) is 17.2. The van der Waals surface area contributed by atoms with E-state index in [-0.39, 0.29) is 18.2 Å². The van der Waals surface area contributed by atoms with E-state index in [0.717, 1.165) is 11.1 Å². The van der Waals surface area contributed by atoms with Gasteiger partial charge in [0.05, 0.1) is 5.69 Å². The summed E-state index contributed by atoms with van der Waals surface area (Å²) in [7, 11) is 0. The third-order valence-electron chi connectivity index (χ3n) is 4.15. The van der Waals surface area contributed by atoms with Gasteiger partial charge in [0.15, 0.2) is 0 Å². The zero-order valence-corrected chi connectivity index (χ0v) is 14.8. The van der Waals surface area contributed by atoms with Gasteiger partial charge >= 0.3 is 0 Å². The summed E-state index contributed by atoms with van der Waals surface area (Å²) in [5.41, 5.74) is 3.37. The predicted molar refractivity (Wildman–Crippen MR) is 100 cm³/mol. The van der Waals surface area contributed by atoms with Crippen molar-refractivity contribution in [2.75, 3.05) is 10.3 Å². The van der Waals surface area contributed by atoms with E-state index >= 15 is 0 Å². The molecule has 6 heteroatoms. The van der Waals surface area contributed by atoms with Gasteiger partial charge in [-0.1, -0.05) is 35.9 Å². The van der Waals surface area contributed by atoms with Crippen LogP contribution in [0.3, 0.4) is 0 Å². The molecule has 3 rings (SSSR count). The quantitative estimate of drug-likeness (QED) is 0.901. The fraction of sp³-hybridized carbons (Fsp3) is 0.211. The molecule has 1 heterocycles. The number of hydrogen-bond donors (Lipinski definition) is 1. The van der Waals surface area contributed by atoms with Crippen LogP contribution in [0.15, 0.2) is 47.6 Å². The average molecular weight is 356 g/mol. The number of nitrogens with one attached hydrogen (secondary N) is 1. The minimum Gasteiger partial charge on any atom is -0.321 e. The maximum atomic E-state index is 12.6. The van der Waals surface area contributed by atoms with E-state index in [1.165, 1.54) is 5.01 Å². The van der Waals surface area contributed by atoms with Crippen LogP contribution in [0.25, 0.3) is 0 Å². The number of halogens is 1. The number of nitrogens with zero attached hydrogens (tertiary/aromatic N) is 2. The molecule has 0 saturated carbocycles. The van der Waals surface area contributed by atoms with E-state index in [9.17, 15) is 9.59 Å². The van der Waals surface area contributed by atoms with Gasteiger partial charge in [0.25, 0.3) is 5.91 Å². The molecule has 0 aromatic heterocycles. The lowest BCUT2D eigenvalue weighted by Gasteiger charge is -2.24. The molecule has 25 heavy (non-hydrogen) atoms. The number of benzene rings is 2. The van der Waals surface area contributed by atoms with Crippen molar-refractivity contribution in [1.29, 1.82) is 0 Å². The average Bonchev–Trinajstić information content (AvgIpc) is 2.60. The van der Waals surface area contributed by atoms with Crippen molar-refractivity contribution in [3.05, 3.63) is 58.6 Å². The first-order valence-corrected chi connectivity index (χ1v) is 8.37. The van der Waals surface area contributed by atoms with Crippen LogP contribution in [0.1, 0.15) is 24.0 Å². The Kier molecular flexibility index (Phi) is 4.86. The molecule has 128 valence electrons. The topological polar surface area (TPSA) is 61.8 Å². The van der Waals surface area contributed by atoms with Gasteiger partial charge in [-0.25, -0.2) is 5.01 Å². The van der Waals surface area contributed by atoms with E-state index in [2.05, 4.69) is 10.4 Å². The zero-order valence-electron chi connectivity index (χ0n) is 14.0. The Morgan fingerprint density at radius 1 is 1.12 bits per heavy atom. The first-order valence-electron chi connectivity index (χ1n) is 8.00. The Morgan fingerprint density at radius 3 is 2.64 bits per heavy atom. The van der Waals surface area contributed by atoms with Crippen molar-refractivity contribution in [1.82, 2.24) is 0 Å². The number of amides is 2. The monoisotopic (exact) mass is 355 g/mol. The molecule has 0 bridgehead atoms. The summed E-state index contributed by atoms with van der Waals surface area (Å²) < 4.78 is 0. The van der Waals surface area contributed by atoms with Crippen LogP contribution in [-0.2, 0) is 9.59 Å². The summed E-state index contributed by atoms with van der Waals surface area (Å²) in [5.74, 6) is -0.443.